The number of nitrogens with one attached hydrogen (secondary N) is 1. The summed E-state index contributed by atoms with van der Waals surface area (Å²) in [6.45, 7) is 10.9. The van der Waals surface area contributed by atoms with E-state index in [-0.39, 0.29) is 16.7 Å². The van der Waals surface area contributed by atoms with Gasteiger partial charge in [0.15, 0.2) is 0 Å². The maximum absolute atomic E-state index is 12.5. The Kier molecular flexibility index (Phi) is 1.86. The number of nitrogens with zero attached hydrogens (tertiary/aromatic N) is 1. The van der Waals surface area contributed by atoms with Crippen molar-refractivity contribution in [3.63, 3.8) is 0 Å². The van der Waals surface area contributed by atoms with Crippen molar-refractivity contribution in [2.45, 2.75) is 46.2 Å². The van der Waals surface area contributed by atoms with Gasteiger partial charge in [-0.1, -0.05) is 27.7 Å². The molecule has 16 heavy (non-hydrogen) atoms. The summed E-state index contributed by atoms with van der Waals surface area (Å²) < 4.78 is 0. The molecule has 0 aromatic heterocycles. The molecule has 3 aliphatic rings. The molecule has 2 unspecified atom stereocenters. The van der Waals surface area contributed by atoms with Crippen LogP contribution in [0.4, 0.5) is 0 Å². The van der Waals surface area contributed by atoms with Crippen molar-refractivity contribution in [3.05, 3.63) is 0 Å². The molecular formula is C13H22N2O. The van der Waals surface area contributed by atoms with Crippen molar-refractivity contribution in [2.75, 3.05) is 13.1 Å². The quantitative estimate of drug-likeness (QED) is 0.724. The highest BCUT2D eigenvalue weighted by molar-refractivity contribution is 5.85. The smallest absolute Gasteiger partial charge is 0.227 e. The van der Waals surface area contributed by atoms with Gasteiger partial charge in [-0.2, -0.15) is 0 Å². The number of fused-ring (bicyclic) bond motifs is 2. The lowest BCUT2D eigenvalue weighted by Crippen LogP contribution is -2.69. The van der Waals surface area contributed by atoms with E-state index in [2.05, 4.69) is 37.9 Å². The molecule has 3 fully saturated rings. The van der Waals surface area contributed by atoms with E-state index in [1.54, 1.807) is 0 Å². The lowest BCUT2D eigenvalue weighted by atomic mass is 9.87. The Morgan fingerprint density at radius 2 is 1.62 bits per heavy atom. The molecule has 1 N–H and O–H groups in total. The largest absolute Gasteiger partial charge is 0.334 e. The van der Waals surface area contributed by atoms with Crippen LogP contribution in [-0.4, -0.2) is 36.0 Å². The molecule has 2 heterocycles. The van der Waals surface area contributed by atoms with E-state index in [1.165, 1.54) is 6.42 Å². The molecule has 0 radical (unpaired) electrons. The third kappa shape index (κ3) is 1.05. The van der Waals surface area contributed by atoms with Crippen molar-refractivity contribution in [2.24, 2.45) is 16.7 Å². The molecular weight excluding hydrogens is 200 g/mol. The molecule has 0 aromatic rings. The number of hydrogen-bond donors (Lipinski definition) is 1. The first-order chi connectivity index (χ1) is 7.37. The van der Waals surface area contributed by atoms with Crippen LogP contribution in [0.3, 0.4) is 0 Å². The average Bonchev–Trinajstić information content (AvgIpc) is 2.58. The SMILES string of the molecule is CC1(C)C(C(=O)N2C3CNCC2C3)C1(C)C. The average molecular weight is 222 g/mol. The number of hydrogen-bond acceptors (Lipinski definition) is 2. The Morgan fingerprint density at radius 3 is 2.00 bits per heavy atom. The lowest BCUT2D eigenvalue weighted by molar-refractivity contribution is -0.150. The van der Waals surface area contributed by atoms with Crippen molar-refractivity contribution >= 4 is 5.91 Å². The first kappa shape index (κ1) is 10.6. The van der Waals surface area contributed by atoms with Gasteiger partial charge in [-0.05, 0) is 17.3 Å². The van der Waals surface area contributed by atoms with Gasteiger partial charge in [0.1, 0.15) is 0 Å². The highest BCUT2D eigenvalue weighted by atomic mass is 16.2. The first-order valence-electron chi connectivity index (χ1n) is 6.40. The molecule has 2 atom stereocenters. The van der Waals surface area contributed by atoms with Crippen molar-refractivity contribution in [3.8, 4) is 0 Å². The van der Waals surface area contributed by atoms with Gasteiger partial charge < -0.3 is 10.2 Å². The second kappa shape index (κ2) is 2.81. The molecule has 3 rings (SSSR count). The molecule has 2 saturated heterocycles. The lowest BCUT2D eigenvalue weighted by Gasteiger charge is -2.53. The third-order valence-corrected chi connectivity index (χ3v) is 5.61. The van der Waals surface area contributed by atoms with Crippen LogP contribution >= 0.6 is 0 Å². The summed E-state index contributed by atoms with van der Waals surface area (Å²) in [7, 11) is 0. The summed E-state index contributed by atoms with van der Waals surface area (Å²) in [5.74, 6) is 0.654. The zero-order chi connectivity index (χ0) is 11.7. The summed E-state index contributed by atoms with van der Waals surface area (Å²) in [5.41, 5.74) is 0.364. The van der Waals surface area contributed by atoms with Crippen molar-refractivity contribution < 1.29 is 4.79 Å². The highest BCUT2D eigenvalue weighted by Crippen LogP contribution is 2.69. The minimum atomic E-state index is 0.182. The molecule has 2 aliphatic heterocycles. The second-order valence-electron chi connectivity index (χ2n) is 6.82. The van der Waals surface area contributed by atoms with E-state index < -0.39 is 0 Å². The van der Waals surface area contributed by atoms with Gasteiger partial charge in [0, 0.05) is 31.1 Å². The fourth-order valence-electron chi connectivity index (χ4n) is 3.80. The van der Waals surface area contributed by atoms with Gasteiger partial charge in [-0.25, -0.2) is 0 Å². The zero-order valence-electron chi connectivity index (χ0n) is 10.7. The molecule has 2 bridgehead atoms. The topological polar surface area (TPSA) is 32.3 Å². The minimum Gasteiger partial charge on any atom is -0.334 e. The van der Waals surface area contributed by atoms with Crippen molar-refractivity contribution in [1.82, 2.24) is 10.2 Å². The Morgan fingerprint density at radius 1 is 1.12 bits per heavy atom. The van der Waals surface area contributed by atoms with Crippen LogP contribution in [-0.2, 0) is 4.79 Å². The van der Waals surface area contributed by atoms with Gasteiger partial charge in [0.05, 0.1) is 0 Å². The Balaban J connectivity index is 1.76. The summed E-state index contributed by atoms with van der Waals surface area (Å²) in [6, 6.07) is 0.969. The fraction of sp³-hybridized carbons (Fsp3) is 0.923. The monoisotopic (exact) mass is 222 g/mol. The van der Waals surface area contributed by atoms with Gasteiger partial charge in [0.2, 0.25) is 5.91 Å². The molecule has 3 heteroatoms. The number of carbonyl (C=O) groups is 1. The van der Waals surface area contributed by atoms with Gasteiger partial charge in [-0.3, -0.25) is 4.79 Å². The van der Waals surface area contributed by atoms with E-state index in [1.807, 2.05) is 0 Å². The number of rotatable bonds is 1. The van der Waals surface area contributed by atoms with Gasteiger partial charge in [-0.15, -0.1) is 0 Å². The summed E-state index contributed by atoms with van der Waals surface area (Å²) in [5, 5.41) is 3.38. The van der Waals surface area contributed by atoms with E-state index in [9.17, 15) is 4.79 Å². The van der Waals surface area contributed by atoms with Gasteiger partial charge in [0.25, 0.3) is 0 Å². The van der Waals surface area contributed by atoms with Crippen molar-refractivity contribution in [1.29, 1.82) is 0 Å². The number of piperidine rings is 1. The third-order valence-electron chi connectivity index (χ3n) is 5.61. The molecule has 1 aliphatic carbocycles. The minimum absolute atomic E-state index is 0.182. The van der Waals surface area contributed by atoms with E-state index >= 15 is 0 Å². The zero-order valence-corrected chi connectivity index (χ0v) is 10.7. The van der Waals surface area contributed by atoms with Gasteiger partial charge >= 0.3 is 0 Å². The number of carbonyl (C=O) groups excluding carboxylic acids is 1. The van der Waals surface area contributed by atoms with E-state index in [4.69, 9.17) is 0 Å². The second-order valence-corrected chi connectivity index (χ2v) is 6.82. The predicted octanol–water partition coefficient (Wildman–Crippen LogP) is 1.24. The fourth-order valence-corrected chi connectivity index (χ4v) is 3.80. The maximum Gasteiger partial charge on any atom is 0.227 e. The Hall–Kier alpha value is -0.570. The molecule has 3 nitrogen and oxygen atoms in total. The van der Waals surface area contributed by atoms with Crippen LogP contribution in [0, 0.1) is 16.7 Å². The van der Waals surface area contributed by atoms with Crippen LogP contribution in [0.15, 0.2) is 0 Å². The molecule has 0 spiro atoms. The number of amides is 1. The summed E-state index contributed by atoms with van der Waals surface area (Å²) in [4.78, 5) is 14.7. The highest BCUT2D eigenvalue weighted by Gasteiger charge is 2.70. The standard InChI is InChI=1S/C13H22N2O/c1-12(2)10(13(12,3)4)11(16)15-8-5-9(15)7-14-6-8/h8-10,14H,5-7H2,1-4H3. The Labute approximate surface area is 97.6 Å². The van der Waals surface area contributed by atoms with Crippen LogP contribution in [0.2, 0.25) is 0 Å². The van der Waals surface area contributed by atoms with Crippen LogP contribution in [0.25, 0.3) is 0 Å². The predicted molar refractivity (Wildman–Crippen MR) is 63.0 cm³/mol. The number of piperazine rings is 1. The van der Waals surface area contributed by atoms with Crippen LogP contribution in [0.1, 0.15) is 34.1 Å². The molecule has 90 valence electrons. The van der Waals surface area contributed by atoms with E-state index in [0.717, 1.165) is 13.1 Å². The molecule has 1 saturated carbocycles. The van der Waals surface area contributed by atoms with Crippen LogP contribution in [0.5, 0.6) is 0 Å². The molecule has 0 aromatic carbocycles. The van der Waals surface area contributed by atoms with Crippen LogP contribution < -0.4 is 5.32 Å². The Bertz CT molecular complexity index is 320. The maximum atomic E-state index is 12.5. The summed E-state index contributed by atoms with van der Waals surface area (Å²) >= 11 is 0. The van der Waals surface area contributed by atoms with E-state index in [0.29, 0.717) is 18.0 Å². The molecule has 1 amide bonds. The normalized spacial score (nSPS) is 39.1. The summed E-state index contributed by atoms with van der Waals surface area (Å²) in [6.07, 6.45) is 1.21. The first-order valence-corrected chi connectivity index (χ1v) is 6.40.